The molecule has 0 bridgehead atoms. The highest BCUT2D eigenvalue weighted by Crippen LogP contribution is 2.37. The van der Waals surface area contributed by atoms with Gasteiger partial charge in [0.25, 0.3) is 5.91 Å². The highest BCUT2D eigenvalue weighted by atomic mass is 16.2. The van der Waals surface area contributed by atoms with Gasteiger partial charge in [-0.15, -0.1) is 0 Å². The molecule has 0 aliphatic carbocycles. The quantitative estimate of drug-likeness (QED) is 0.546. The van der Waals surface area contributed by atoms with Gasteiger partial charge in [0, 0.05) is 26.2 Å². The molecule has 2 aromatic carbocycles. The fraction of sp³-hybridized carbons (Fsp3) is 0.483. The molecule has 2 atom stereocenters. The summed E-state index contributed by atoms with van der Waals surface area (Å²) in [5.41, 5.74) is 1.23. The summed E-state index contributed by atoms with van der Waals surface area (Å²) in [5.74, 6) is -0.220. The Morgan fingerprint density at radius 2 is 1.64 bits per heavy atom. The Balaban J connectivity index is 1.49. The van der Waals surface area contributed by atoms with Crippen molar-refractivity contribution in [2.75, 3.05) is 40.3 Å². The largest absolute Gasteiger partial charge is 0.342 e. The average molecular weight is 491 g/mol. The lowest BCUT2D eigenvalue weighted by atomic mass is 9.74. The number of aryl methyl sites for hydroxylation is 1. The Labute approximate surface area is 214 Å². The number of hydrogen-bond acceptors (Lipinski definition) is 4. The van der Waals surface area contributed by atoms with E-state index in [1.54, 1.807) is 0 Å². The van der Waals surface area contributed by atoms with Crippen LogP contribution >= 0.6 is 0 Å². The summed E-state index contributed by atoms with van der Waals surface area (Å²) in [6, 6.07) is 19.6. The van der Waals surface area contributed by atoms with E-state index in [0.717, 1.165) is 11.1 Å². The standard InChI is InChI=1S/C29H38N4O3/c1-22(24-12-8-5-9-13-24)26(34)32-18-15-25(16-19-32)29(17-14-23-10-6-4-7-11-23)27(35)33(28(36)30-29)21-20-31(2)3/h4-13,22,25H,14-21H2,1-3H3,(H,30,36). The van der Waals surface area contributed by atoms with E-state index < -0.39 is 5.54 Å². The topological polar surface area (TPSA) is 73.0 Å². The van der Waals surface area contributed by atoms with Crippen molar-refractivity contribution < 1.29 is 14.4 Å². The minimum atomic E-state index is -0.931. The Morgan fingerprint density at radius 3 is 2.25 bits per heavy atom. The van der Waals surface area contributed by atoms with Gasteiger partial charge in [0.05, 0.1) is 5.92 Å². The molecule has 2 saturated heterocycles. The van der Waals surface area contributed by atoms with Crippen LogP contribution in [-0.4, -0.2) is 78.4 Å². The zero-order valence-corrected chi connectivity index (χ0v) is 21.7. The molecular weight excluding hydrogens is 452 g/mol. The van der Waals surface area contributed by atoms with Crippen LogP contribution in [0.5, 0.6) is 0 Å². The summed E-state index contributed by atoms with van der Waals surface area (Å²) in [6.07, 6.45) is 2.64. The molecule has 2 unspecified atom stereocenters. The molecule has 2 aliphatic heterocycles. The van der Waals surface area contributed by atoms with Gasteiger partial charge < -0.3 is 15.1 Å². The van der Waals surface area contributed by atoms with Crippen molar-refractivity contribution in [3.8, 4) is 0 Å². The van der Waals surface area contributed by atoms with Gasteiger partial charge in [-0.2, -0.15) is 0 Å². The molecule has 7 nitrogen and oxygen atoms in total. The summed E-state index contributed by atoms with van der Waals surface area (Å²) in [6.45, 7) is 4.13. The SMILES string of the molecule is CC(C(=O)N1CCC(C2(CCc3ccccc3)NC(=O)N(CCN(C)C)C2=O)CC1)c1ccccc1. The molecule has 4 amide bonds. The number of nitrogens with one attached hydrogen (secondary N) is 1. The number of rotatable bonds is 9. The molecule has 0 spiro atoms. The van der Waals surface area contributed by atoms with Crippen molar-refractivity contribution in [2.24, 2.45) is 5.92 Å². The minimum Gasteiger partial charge on any atom is -0.342 e. The molecule has 1 N–H and O–H groups in total. The highest BCUT2D eigenvalue weighted by Gasteiger charge is 2.55. The van der Waals surface area contributed by atoms with E-state index in [2.05, 4.69) is 17.4 Å². The number of imide groups is 1. The first-order chi connectivity index (χ1) is 17.3. The lowest BCUT2D eigenvalue weighted by molar-refractivity contribution is -0.137. The molecule has 0 saturated carbocycles. The number of hydrogen-bond donors (Lipinski definition) is 1. The number of benzene rings is 2. The maximum atomic E-state index is 13.8. The zero-order valence-electron chi connectivity index (χ0n) is 21.7. The first-order valence-electron chi connectivity index (χ1n) is 13.0. The van der Waals surface area contributed by atoms with Gasteiger partial charge in [-0.05, 0) is 63.7 Å². The first kappa shape index (κ1) is 25.9. The summed E-state index contributed by atoms with van der Waals surface area (Å²) in [7, 11) is 3.87. The van der Waals surface area contributed by atoms with Crippen molar-refractivity contribution in [1.29, 1.82) is 0 Å². The number of carbonyl (C=O) groups is 3. The Hall–Kier alpha value is -3.19. The third-order valence-corrected chi connectivity index (χ3v) is 7.80. The van der Waals surface area contributed by atoms with E-state index >= 15 is 0 Å². The second-order valence-corrected chi connectivity index (χ2v) is 10.4. The molecule has 2 heterocycles. The molecule has 0 radical (unpaired) electrons. The van der Waals surface area contributed by atoms with Crippen LogP contribution in [0.3, 0.4) is 0 Å². The third kappa shape index (κ3) is 5.46. The van der Waals surface area contributed by atoms with Gasteiger partial charge >= 0.3 is 6.03 Å². The van der Waals surface area contributed by atoms with E-state index in [9.17, 15) is 14.4 Å². The number of nitrogens with zero attached hydrogens (tertiary/aromatic N) is 3. The van der Waals surface area contributed by atoms with Crippen LogP contribution in [0.15, 0.2) is 60.7 Å². The molecule has 2 aliphatic rings. The van der Waals surface area contributed by atoms with Gasteiger partial charge in [-0.25, -0.2) is 4.79 Å². The van der Waals surface area contributed by atoms with Gasteiger partial charge in [-0.1, -0.05) is 60.7 Å². The number of likely N-dealkylation sites (tertiary alicyclic amines) is 1. The smallest absolute Gasteiger partial charge is 0.325 e. The molecule has 4 rings (SSSR count). The maximum absolute atomic E-state index is 13.8. The van der Waals surface area contributed by atoms with E-state index in [1.165, 1.54) is 4.90 Å². The molecule has 36 heavy (non-hydrogen) atoms. The number of amides is 4. The summed E-state index contributed by atoms with van der Waals surface area (Å²) >= 11 is 0. The number of carbonyl (C=O) groups excluding carboxylic acids is 3. The lowest BCUT2D eigenvalue weighted by Crippen LogP contribution is -2.57. The Morgan fingerprint density at radius 1 is 1.03 bits per heavy atom. The normalized spacial score (nSPS) is 21.7. The second-order valence-electron chi connectivity index (χ2n) is 10.4. The van der Waals surface area contributed by atoms with Crippen molar-refractivity contribution in [3.05, 3.63) is 71.8 Å². The molecule has 2 fully saturated rings. The summed E-state index contributed by atoms with van der Waals surface area (Å²) in [5, 5.41) is 3.14. The molecule has 0 aromatic heterocycles. The summed E-state index contributed by atoms with van der Waals surface area (Å²) < 4.78 is 0. The van der Waals surface area contributed by atoms with Crippen LogP contribution in [0.2, 0.25) is 0 Å². The van der Waals surface area contributed by atoms with Crippen LogP contribution in [0, 0.1) is 5.92 Å². The molecule has 192 valence electrons. The van der Waals surface area contributed by atoms with E-state index in [1.807, 2.05) is 79.3 Å². The van der Waals surface area contributed by atoms with Crippen molar-refractivity contribution in [2.45, 2.75) is 44.1 Å². The van der Waals surface area contributed by atoms with Crippen LogP contribution in [0.25, 0.3) is 0 Å². The minimum absolute atomic E-state index is 0.0156. The van der Waals surface area contributed by atoms with Gasteiger partial charge in [0.15, 0.2) is 0 Å². The van der Waals surface area contributed by atoms with Gasteiger partial charge in [-0.3, -0.25) is 14.5 Å². The molecule has 7 heteroatoms. The predicted octanol–water partition coefficient (Wildman–Crippen LogP) is 3.51. The fourth-order valence-corrected chi connectivity index (χ4v) is 5.54. The Kier molecular flexibility index (Phi) is 8.09. The van der Waals surface area contributed by atoms with E-state index in [4.69, 9.17) is 0 Å². The van der Waals surface area contributed by atoms with Crippen molar-refractivity contribution in [1.82, 2.24) is 20.0 Å². The summed E-state index contributed by atoms with van der Waals surface area (Å²) in [4.78, 5) is 45.3. The molecule has 2 aromatic rings. The van der Waals surface area contributed by atoms with Crippen LogP contribution in [0.4, 0.5) is 4.79 Å². The van der Waals surface area contributed by atoms with Crippen LogP contribution < -0.4 is 5.32 Å². The van der Waals surface area contributed by atoms with Crippen molar-refractivity contribution >= 4 is 17.8 Å². The number of likely N-dealkylation sites (N-methyl/N-ethyl adjacent to an activating group) is 1. The second kappa shape index (κ2) is 11.2. The Bertz CT molecular complexity index is 1050. The monoisotopic (exact) mass is 490 g/mol. The van der Waals surface area contributed by atoms with Crippen LogP contribution in [0.1, 0.15) is 43.2 Å². The number of piperidine rings is 1. The zero-order chi connectivity index (χ0) is 25.7. The lowest BCUT2D eigenvalue weighted by Gasteiger charge is -2.41. The van der Waals surface area contributed by atoms with Gasteiger partial charge in [0.1, 0.15) is 5.54 Å². The highest BCUT2D eigenvalue weighted by molar-refractivity contribution is 6.07. The predicted molar refractivity (Wildman–Crippen MR) is 140 cm³/mol. The maximum Gasteiger partial charge on any atom is 0.325 e. The average Bonchev–Trinajstić information content (AvgIpc) is 3.15. The van der Waals surface area contributed by atoms with E-state index in [-0.39, 0.29) is 29.7 Å². The first-order valence-corrected chi connectivity index (χ1v) is 13.0. The fourth-order valence-electron chi connectivity index (χ4n) is 5.54. The van der Waals surface area contributed by atoms with E-state index in [0.29, 0.717) is 51.9 Å². The van der Waals surface area contributed by atoms with Gasteiger partial charge in [0.2, 0.25) is 5.91 Å². The number of urea groups is 1. The third-order valence-electron chi connectivity index (χ3n) is 7.80. The van der Waals surface area contributed by atoms with Crippen LogP contribution in [-0.2, 0) is 16.0 Å². The molecular formula is C29H38N4O3. The van der Waals surface area contributed by atoms with Crippen molar-refractivity contribution in [3.63, 3.8) is 0 Å².